The zero-order valence-corrected chi connectivity index (χ0v) is 44.1. The van der Waals surface area contributed by atoms with E-state index in [1.807, 2.05) is 11.3 Å². The normalized spacial score (nSPS) is 16.7. The molecule has 63 heavy (non-hydrogen) atoms. The summed E-state index contributed by atoms with van der Waals surface area (Å²) in [5.41, 5.74) is 13.8. The maximum Gasteiger partial charge on any atom is 0.248 e. The van der Waals surface area contributed by atoms with Crippen LogP contribution < -0.4 is 21.6 Å². The van der Waals surface area contributed by atoms with E-state index < -0.39 is 0 Å². The minimum atomic E-state index is -0.0176. The summed E-state index contributed by atoms with van der Waals surface area (Å²) in [6.45, 7) is 44.1. The molecule has 344 valence electrons. The average Bonchev–Trinajstić information content (AvgIpc) is 3.62. The number of benzene rings is 2. The minimum absolute atomic E-state index is 0.0176. The number of hydrogen-bond donors (Lipinski definition) is 2. The Balaban J connectivity index is 2.03. The number of thiophene rings is 1. The van der Waals surface area contributed by atoms with Crippen molar-refractivity contribution in [2.45, 2.75) is 186 Å². The number of allylic oxidation sites excluding steroid dienone is 9. The number of hydrogen-bond acceptors (Lipinski definition) is 3. The van der Waals surface area contributed by atoms with Gasteiger partial charge in [0, 0.05) is 21.8 Å². The topological polar surface area (TPSA) is 24.1 Å². The molecule has 0 fully saturated rings. The first-order valence-electron chi connectivity index (χ1n) is 24.7. The Labute approximate surface area is 392 Å². The first kappa shape index (κ1) is 52.1. The molecule has 0 bridgehead atoms. The SMILES string of the molecule is C=CCC(C)CCC(C)(C)C/C=C/Nc1cc(C)cc(NC(=C/C)/C=C(\CC(C)C)C(C)(C)CC)c1B(C(/C=C\CC(C)C)=C/C)c1csc2cc3c(cc12)C(C)(C)CCC3(C)C. The summed E-state index contributed by atoms with van der Waals surface area (Å²) >= 11 is 1.92. The molecule has 0 saturated carbocycles. The first-order chi connectivity index (χ1) is 29.5. The zero-order chi connectivity index (χ0) is 46.9. The maximum atomic E-state index is 4.11. The summed E-state index contributed by atoms with van der Waals surface area (Å²) in [6.07, 6.45) is 28.7. The van der Waals surface area contributed by atoms with E-state index in [0.29, 0.717) is 17.8 Å². The number of fused-ring (bicyclic) bond motifs is 2. The fourth-order valence-electron chi connectivity index (χ4n) is 9.40. The molecule has 2 N–H and O–H groups in total. The number of aryl methyl sites for hydroxylation is 1. The van der Waals surface area contributed by atoms with Crippen molar-refractivity contribution in [1.82, 2.24) is 0 Å². The highest BCUT2D eigenvalue weighted by atomic mass is 32.1. The molecule has 4 rings (SSSR count). The van der Waals surface area contributed by atoms with Crippen LogP contribution in [0.1, 0.15) is 185 Å². The Hall–Kier alpha value is -3.50. The summed E-state index contributed by atoms with van der Waals surface area (Å²) in [5.74, 6) is 1.83. The van der Waals surface area contributed by atoms with Gasteiger partial charge in [0.25, 0.3) is 0 Å². The van der Waals surface area contributed by atoms with E-state index in [2.05, 4.69) is 213 Å². The van der Waals surface area contributed by atoms with Gasteiger partial charge in [0.05, 0.1) is 0 Å². The Morgan fingerprint density at radius 3 is 2.11 bits per heavy atom. The van der Waals surface area contributed by atoms with Gasteiger partial charge in [-0.25, -0.2) is 0 Å². The second-order valence-electron chi connectivity index (χ2n) is 22.8. The smallest absolute Gasteiger partial charge is 0.248 e. The van der Waals surface area contributed by atoms with Crippen molar-refractivity contribution in [3.05, 3.63) is 118 Å². The van der Waals surface area contributed by atoms with Crippen molar-refractivity contribution >= 4 is 50.4 Å². The van der Waals surface area contributed by atoms with Crippen LogP contribution in [0.3, 0.4) is 0 Å². The van der Waals surface area contributed by atoms with Crippen LogP contribution in [0.15, 0.2) is 102 Å². The average molecular weight is 869 g/mol. The quantitative estimate of drug-likeness (QED) is 0.0597. The van der Waals surface area contributed by atoms with Gasteiger partial charge in [-0.05, 0) is 187 Å². The van der Waals surface area contributed by atoms with E-state index >= 15 is 0 Å². The van der Waals surface area contributed by atoms with Crippen LogP contribution >= 0.6 is 11.3 Å². The summed E-state index contributed by atoms with van der Waals surface area (Å²) < 4.78 is 1.39. The van der Waals surface area contributed by atoms with Crippen molar-refractivity contribution in [2.75, 3.05) is 10.6 Å². The molecule has 4 heteroatoms. The monoisotopic (exact) mass is 869 g/mol. The maximum absolute atomic E-state index is 4.11. The van der Waals surface area contributed by atoms with Gasteiger partial charge in [-0.1, -0.05) is 150 Å². The summed E-state index contributed by atoms with van der Waals surface area (Å²) in [7, 11) is 0. The van der Waals surface area contributed by atoms with Crippen LogP contribution in [-0.4, -0.2) is 6.71 Å². The van der Waals surface area contributed by atoms with Crippen molar-refractivity contribution in [3.8, 4) is 0 Å². The van der Waals surface area contributed by atoms with Crippen LogP contribution in [0.25, 0.3) is 10.1 Å². The van der Waals surface area contributed by atoms with Crippen molar-refractivity contribution in [1.29, 1.82) is 0 Å². The van der Waals surface area contributed by atoms with E-state index in [-0.39, 0.29) is 28.4 Å². The minimum Gasteiger partial charge on any atom is -0.362 e. The largest absolute Gasteiger partial charge is 0.362 e. The second kappa shape index (κ2) is 22.1. The second-order valence-corrected chi connectivity index (χ2v) is 23.7. The lowest BCUT2D eigenvalue weighted by molar-refractivity contribution is 0.302. The Bertz CT molecular complexity index is 2160. The van der Waals surface area contributed by atoms with E-state index in [1.54, 1.807) is 0 Å². The number of rotatable bonds is 22. The lowest BCUT2D eigenvalue weighted by atomic mass is 9.35. The zero-order valence-electron chi connectivity index (χ0n) is 43.3. The van der Waals surface area contributed by atoms with Crippen LogP contribution in [0.4, 0.5) is 11.4 Å². The van der Waals surface area contributed by atoms with Crippen molar-refractivity contribution in [2.24, 2.45) is 28.6 Å². The molecule has 1 aliphatic rings. The number of nitrogens with one attached hydrogen (secondary N) is 2. The lowest BCUT2D eigenvalue weighted by Crippen LogP contribution is -2.46. The summed E-state index contributed by atoms with van der Waals surface area (Å²) in [4.78, 5) is 0. The van der Waals surface area contributed by atoms with Gasteiger partial charge in [-0.2, -0.15) is 0 Å². The first-order valence-corrected chi connectivity index (χ1v) is 25.6. The predicted octanol–water partition coefficient (Wildman–Crippen LogP) is 17.3. The third kappa shape index (κ3) is 13.8. The van der Waals surface area contributed by atoms with Gasteiger partial charge in [-0.15, -0.1) is 17.9 Å². The molecule has 0 saturated heterocycles. The molecular weight excluding hydrogens is 780 g/mol. The molecule has 1 aliphatic carbocycles. The Kier molecular flexibility index (Phi) is 18.3. The third-order valence-corrected chi connectivity index (χ3v) is 15.3. The molecule has 0 spiro atoms. The molecular formula is C59H89BN2S. The molecule has 3 aromatic rings. The molecule has 2 aromatic carbocycles. The molecule has 1 unspecified atom stereocenters. The highest BCUT2D eigenvalue weighted by Gasteiger charge is 2.39. The fourth-order valence-corrected chi connectivity index (χ4v) is 10.4. The molecule has 1 aromatic heterocycles. The highest BCUT2D eigenvalue weighted by molar-refractivity contribution is 7.19. The Morgan fingerprint density at radius 2 is 1.52 bits per heavy atom. The van der Waals surface area contributed by atoms with Crippen LogP contribution in [-0.2, 0) is 10.8 Å². The standard InChI is InChI=1S/C59H89BN2S/c1-19-25-43(9)28-30-56(11,12)29-24-33-61-52-35-44(10)36-53(62-47(21-3)37-45(34-42(7)8)57(13,14)22-4)55(52)60(46(20-2)27-23-26-41(5)6)51-40-63-54-39-50-49(38-48(51)54)58(15,16)31-32-59(50,17)18/h19-21,23-24,27,33,35-43,61-62H,1,22,25-26,28-32,34H2,2-18H3/b27-23-,33-24+,45-37+,46-20+,47-21+. The van der Waals surface area contributed by atoms with Crippen LogP contribution in [0.2, 0.25) is 0 Å². The van der Waals surface area contributed by atoms with Gasteiger partial charge < -0.3 is 10.6 Å². The van der Waals surface area contributed by atoms with E-state index in [0.717, 1.165) is 49.2 Å². The molecule has 0 aliphatic heterocycles. The van der Waals surface area contributed by atoms with E-state index in [4.69, 9.17) is 0 Å². The van der Waals surface area contributed by atoms with Crippen LogP contribution in [0, 0.1) is 35.5 Å². The van der Waals surface area contributed by atoms with Crippen molar-refractivity contribution in [3.63, 3.8) is 0 Å². The molecule has 0 amide bonds. The number of anilines is 2. The highest BCUT2D eigenvalue weighted by Crippen LogP contribution is 2.47. The van der Waals surface area contributed by atoms with Crippen molar-refractivity contribution < 1.29 is 0 Å². The van der Waals surface area contributed by atoms with Crippen LogP contribution in [0.5, 0.6) is 0 Å². The third-order valence-electron chi connectivity index (χ3n) is 14.3. The van der Waals surface area contributed by atoms with Gasteiger partial charge >= 0.3 is 0 Å². The molecule has 0 radical (unpaired) electrons. The summed E-state index contributed by atoms with van der Waals surface area (Å²) in [5, 5.41) is 11.9. The van der Waals surface area contributed by atoms with E-state index in [9.17, 15) is 0 Å². The molecule has 1 heterocycles. The van der Waals surface area contributed by atoms with E-state index in [1.165, 1.54) is 74.4 Å². The van der Waals surface area contributed by atoms with Gasteiger partial charge in [-0.3, -0.25) is 0 Å². The van der Waals surface area contributed by atoms with Gasteiger partial charge in [0.2, 0.25) is 6.71 Å². The predicted molar refractivity (Wildman–Crippen MR) is 289 cm³/mol. The fraction of sp³-hybridized carbons (Fsp3) is 0.559. The van der Waals surface area contributed by atoms with Gasteiger partial charge in [0.15, 0.2) is 0 Å². The molecule has 1 atom stereocenters. The summed E-state index contributed by atoms with van der Waals surface area (Å²) in [6, 6.07) is 9.93. The van der Waals surface area contributed by atoms with Gasteiger partial charge in [0.1, 0.15) is 0 Å². The molecule has 2 nitrogen and oxygen atoms in total. The Morgan fingerprint density at radius 1 is 0.873 bits per heavy atom. The lowest BCUT2D eigenvalue weighted by Gasteiger charge is -2.42.